The highest BCUT2D eigenvalue weighted by molar-refractivity contribution is 7.98. The molecular formula is C23H29ClN4OS. The van der Waals surface area contributed by atoms with Crippen molar-refractivity contribution in [1.29, 1.82) is 0 Å². The number of thioether (sulfide) groups is 1. The van der Waals surface area contributed by atoms with Crippen LogP contribution in [0.3, 0.4) is 0 Å². The fourth-order valence-corrected chi connectivity index (χ4v) is 3.61. The van der Waals surface area contributed by atoms with E-state index in [1.807, 2.05) is 35.0 Å². The van der Waals surface area contributed by atoms with Crippen LogP contribution in [0.2, 0.25) is 0 Å². The summed E-state index contributed by atoms with van der Waals surface area (Å²) in [5, 5.41) is 15.0. The van der Waals surface area contributed by atoms with Gasteiger partial charge in [0, 0.05) is 4.90 Å². The molecule has 5 nitrogen and oxygen atoms in total. The van der Waals surface area contributed by atoms with Gasteiger partial charge in [0.25, 0.3) is 0 Å². The molecule has 7 heteroatoms. The standard InChI is InChI=1S/C23H28N4OS.ClH/c1-4-26(5-2)16-17-27-23(20-8-6-7-9-21(20)28)24-22(25-27)15-12-18-10-13-19(29-3)14-11-18;/h6-15,28H,4-5,16-17H2,1-3H3;1H/b15-12+;. The lowest BCUT2D eigenvalue weighted by molar-refractivity contribution is -0.897. The Morgan fingerprint density at radius 3 is 2.37 bits per heavy atom. The zero-order valence-corrected chi connectivity index (χ0v) is 19.2. The van der Waals surface area contributed by atoms with Crippen LogP contribution in [0.25, 0.3) is 23.5 Å². The van der Waals surface area contributed by atoms with E-state index < -0.39 is 0 Å². The number of phenolic OH excluding ortho intramolecular Hbond substituents is 1. The molecule has 0 aliphatic heterocycles. The highest BCUT2D eigenvalue weighted by atomic mass is 35.5. The summed E-state index contributed by atoms with van der Waals surface area (Å²) in [6.45, 7) is 8.27. The second kappa shape index (κ2) is 11.8. The quantitative estimate of drug-likeness (QED) is 0.471. The van der Waals surface area contributed by atoms with Gasteiger partial charge >= 0.3 is 0 Å². The van der Waals surface area contributed by atoms with Gasteiger partial charge in [-0.2, -0.15) is 5.10 Å². The Morgan fingerprint density at radius 2 is 1.73 bits per heavy atom. The average molecular weight is 445 g/mol. The molecule has 0 aliphatic rings. The van der Waals surface area contributed by atoms with E-state index in [0.29, 0.717) is 17.2 Å². The molecule has 0 spiro atoms. The van der Waals surface area contributed by atoms with Gasteiger partial charge in [0.15, 0.2) is 11.6 Å². The molecule has 0 amide bonds. The van der Waals surface area contributed by atoms with E-state index in [1.165, 1.54) is 9.80 Å². The van der Waals surface area contributed by atoms with E-state index in [4.69, 9.17) is 10.1 Å². The maximum absolute atomic E-state index is 10.3. The first-order valence-corrected chi connectivity index (χ1v) is 11.3. The van der Waals surface area contributed by atoms with Crippen LogP contribution >= 0.6 is 11.8 Å². The molecule has 0 saturated carbocycles. The second-order valence-electron chi connectivity index (χ2n) is 6.85. The average Bonchev–Trinajstić information content (AvgIpc) is 3.16. The number of aromatic hydroxyl groups is 1. The minimum absolute atomic E-state index is 0. The van der Waals surface area contributed by atoms with E-state index >= 15 is 0 Å². The predicted molar refractivity (Wildman–Crippen MR) is 121 cm³/mol. The Kier molecular flexibility index (Phi) is 9.43. The number of nitrogens with one attached hydrogen (secondary N) is 1. The van der Waals surface area contributed by atoms with Gasteiger partial charge in [-0.3, -0.25) is 0 Å². The number of quaternary nitrogens is 1. The van der Waals surface area contributed by atoms with Crippen LogP contribution in [0.5, 0.6) is 5.75 Å². The first-order valence-electron chi connectivity index (χ1n) is 10.0. The van der Waals surface area contributed by atoms with E-state index in [1.54, 1.807) is 17.8 Å². The fraction of sp³-hybridized carbons (Fsp3) is 0.304. The highest BCUT2D eigenvalue weighted by Gasteiger charge is 2.15. The Bertz CT molecular complexity index is 952. The number of nitrogens with zero attached hydrogens (tertiary/aromatic N) is 3. The van der Waals surface area contributed by atoms with E-state index in [0.717, 1.165) is 31.7 Å². The van der Waals surface area contributed by atoms with Crippen LogP contribution in [0, 0.1) is 0 Å². The summed E-state index contributed by atoms with van der Waals surface area (Å²) in [7, 11) is 0. The molecular weight excluding hydrogens is 416 g/mol. The van der Waals surface area contributed by atoms with Gasteiger partial charge in [-0.25, -0.2) is 9.67 Å². The van der Waals surface area contributed by atoms with Crippen molar-refractivity contribution in [3.8, 4) is 17.1 Å². The van der Waals surface area contributed by atoms with Gasteiger partial charge in [0.1, 0.15) is 5.75 Å². The maximum atomic E-state index is 10.3. The lowest BCUT2D eigenvalue weighted by Gasteiger charge is -2.15. The number of hydrogen-bond acceptors (Lipinski definition) is 4. The van der Waals surface area contributed by atoms with Crippen molar-refractivity contribution in [2.45, 2.75) is 25.3 Å². The number of aromatic nitrogens is 3. The Hall–Kier alpha value is -2.28. The minimum atomic E-state index is 0. The first-order chi connectivity index (χ1) is 14.1. The molecule has 0 fully saturated rings. The summed E-state index contributed by atoms with van der Waals surface area (Å²) in [5.41, 5.74) is 1.81. The van der Waals surface area contributed by atoms with Gasteiger partial charge in [-0.05, 0) is 56.0 Å². The van der Waals surface area contributed by atoms with E-state index in [-0.39, 0.29) is 18.2 Å². The molecule has 3 aromatic rings. The normalized spacial score (nSPS) is 11.2. The van der Waals surface area contributed by atoms with Crippen LogP contribution in [0.15, 0.2) is 53.4 Å². The predicted octanol–water partition coefficient (Wildman–Crippen LogP) is 0.472. The molecule has 2 aromatic carbocycles. The molecule has 0 unspecified atom stereocenters. The highest BCUT2D eigenvalue weighted by Crippen LogP contribution is 2.27. The number of halogens is 1. The largest absolute Gasteiger partial charge is 1.00 e. The van der Waals surface area contributed by atoms with Gasteiger partial charge in [0.05, 0.1) is 31.7 Å². The summed E-state index contributed by atoms with van der Waals surface area (Å²) >= 11 is 1.73. The second-order valence-corrected chi connectivity index (χ2v) is 7.73. The molecule has 1 aromatic heterocycles. The van der Waals surface area contributed by atoms with E-state index in [9.17, 15) is 5.11 Å². The maximum Gasteiger partial charge on any atom is 0.174 e. The zero-order valence-electron chi connectivity index (χ0n) is 17.7. The van der Waals surface area contributed by atoms with E-state index in [2.05, 4.69) is 44.4 Å². The Labute approximate surface area is 189 Å². The molecule has 0 bridgehead atoms. The first kappa shape index (κ1) is 24.0. The summed E-state index contributed by atoms with van der Waals surface area (Å²) < 4.78 is 1.91. The lowest BCUT2D eigenvalue weighted by atomic mass is 10.2. The number of phenols is 1. The Balaban J connectivity index is 0.00000320. The van der Waals surface area contributed by atoms with Crippen molar-refractivity contribution < 1.29 is 22.4 Å². The Morgan fingerprint density at radius 1 is 1.03 bits per heavy atom. The van der Waals surface area contributed by atoms with Crippen molar-refractivity contribution >= 4 is 23.9 Å². The number of hydrogen-bond donors (Lipinski definition) is 2. The zero-order chi connectivity index (χ0) is 20.6. The number of benzene rings is 2. The number of rotatable bonds is 9. The summed E-state index contributed by atoms with van der Waals surface area (Å²) in [5.74, 6) is 1.57. The third kappa shape index (κ3) is 6.11. The summed E-state index contributed by atoms with van der Waals surface area (Å²) in [6.07, 6.45) is 6.02. The molecule has 2 N–H and O–H groups in total. The SMILES string of the molecule is CC[NH+](CC)CCn1nc(/C=C/c2ccc(SC)cc2)nc1-c1ccccc1O.[Cl-]. The molecule has 160 valence electrons. The summed E-state index contributed by atoms with van der Waals surface area (Å²) in [4.78, 5) is 7.46. The molecule has 30 heavy (non-hydrogen) atoms. The van der Waals surface area contributed by atoms with Crippen molar-refractivity contribution in [3.05, 3.63) is 59.9 Å². The van der Waals surface area contributed by atoms with Crippen molar-refractivity contribution in [2.75, 3.05) is 25.9 Å². The third-order valence-electron chi connectivity index (χ3n) is 5.05. The number of para-hydroxylation sites is 1. The van der Waals surface area contributed by atoms with Crippen LogP contribution in [-0.2, 0) is 6.54 Å². The van der Waals surface area contributed by atoms with Crippen LogP contribution in [-0.4, -0.2) is 45.8 Å². The molecule has 1 heterocycles. The summed E-state index contributed by atoms with van der Waals surface area (Å²) in [6, 6.07) is 15.7. The van der Waals surface area contributed by atoms with Crippen molar-refractivity contribution in [2.24, 2.45) is 0 Å². The molecule has 3 rings (SSSR count). The van der Waals surface area contributed by atoms with Gasteiger partial charge in [-0.15, -0.1) is 11.8 Å². The topological polar surface area (TPSA) is 55.4 Å². The van der Waals surface area contributed by atoms with Crippen LogP contribution < -0.4 is 17.3 Å². The van der Waals surface area contributed by atoms with Crippen molar-refractivity contribution in [3.63, 3.8) is 0 Å². The smallest absolute Gasteiger partial charge is 0.174 e. The molecule has 0 saturated heterocycles. The van der Waals surface area contributed by atoms with Crippen LogP contribution in [0.1, 0.15) is 25.2 Å². The number of likely N-dealkylation sites (N-methyl/N-ethyl adjacent to an activating group) is 1. The van der Waals surface area contributed by atoms with Gasteiger partial charge in [0.2, 0.25) is 0 Å². The molecule has 0 atom stereocenters. The minimum Gasteiger partial charge on any atom is -1.00 e. The molecule has 0 radical (unpaired) electrons. The monoisotopic (exact) mass is 444 g/mol. The van der Waals surface area contributed by atoms with Gasteiger partial charge in [-0.1, -0.05) is 30.3 Å². The van der Waals surface area contributed by atoms with Crippen molar-refractivity contribution in [1.82, 2.24) is 14.8 Å². The van der Waals surface area contributed by atoms with Crippen LogP contribution in [0.4, 0.5) is 0 Å². The van der Waals surface area contributed by atoms with Gasteiger partial charge < -0.3 is 22.4 Å². The fourth-order valence-electron chi connectivity index (χ4n) is 3.20. The lowest BCUT2D eigenvalue weighted by Crippen LogP contribution is -3.11. The molecule has 0 aliphatic carbocycles. The third-order valence-corrected chi connectivity index (χ3v) is 5.79.